The van der Waals surface area contributed by atoms with E-state index in [-0.39, 0.29) is 11.9 Å². The second-order valence-corrected chi connectivity index (χ2v) is 3.37. The SMILES string of the molecule is COC(C)C(=O)N1CCOCC1CN. The minimum Gasteiger partial charge on any atom is -0.377 e. The molecule has 82 valence electrons. The first-order valence-corrected chi connectivity index (χ1v) is 4.81. The van der Waals surface area contributed by atoms with Crippen molar-refractivity contribution >= 4 is 5.91 Å². The largest absolute Gasteiger partial charge is 0.377 e. The fourth-order valence-electron chi connectivity index (χ4n) is 1.47. The zero-order valence-corrected chi connectivity index (χ0v) is 8.73. The molecule has 0 spiro atoms. The fourth-order valence-corrected chi connectivity index (χ4v) is 1.47. The summed E-state index contributed by atoms with van der Waals surface area (Å²) in [6.07, 6.45) is -0.401. The van der Waals surface area contributed by atoms with Crippen LogP contribution in [0.25, 0.3) is 0 Å². The van der Waals surface area contributed by atoms with Crippen LogP contribution < -0.4 is 5.73 Å². The first-order valence-electron chi connectivity index (χ1n) is 4.81. The van der Waals surface area contributed by atoms with E-state index >= 15 is 0 Å². The fraction of sp³-hybridized carbons (Fsp3) is 0.889. The summed E-state index contributed by atoms with van der Waals surface area (Å²) >= 11 is 0. The topological polar surface area (TPSA) is 64.8 Å². The van der Waals surface area contributed by atoms with E-state index in [1.807, 2.05) is 0 Å². The Labute approximate surface area is 84.1 Å². The molecule has 0 aromatic rings. The molecule has 1 saturated heterocycles. The Kier molecular flexibility index (Phi) is 4.31. The number of rotatable bonds is 3. The number of hydrogen-bond acceptors (Lipinski definition) is 4. The van der Waals surface area contributed by atoms with Crippen molar-refractivity contribution in [3.8, 4) is 0 Å². The Morgan fingerprint density at radius 1 is 1.79 bits per heavy atom. The van der Waals surface area contributed by atoms with E-state index in [0.29, 0.717) is 26.3 Å². The maximum absolute atomic E-state index is 11.8. The predicted molar refractivity (Wildman–Crippen MR) is 51.8 cm³/mol. The van der Waals surface area contributed by atoms with Crippen LogP contribution in [0.1, 0.15) is 6.92 Å². The van der Waals surface area contributed by atoms with E-state index in [2.05, 4.69) is 0 Å². The van der Waals surface area contributed by atoms with E-state index in [0.717, 1.165) is 0 Å². The highest BCUT2D eigenvalue weighted by molar-refractivity contribution is 5.81. The molecule has 0 bridgehead atoms. The standard InChI is InChI=1S/C9H18N2O3/c1-7(13-2)9(12)11-3-4-14-6-8(11)5-10/h7-8H,3-6,10H2,1-2H3. The zero-order valence-electron chi connectivity index (χ0n) is 8.73. The average molecular weight is 202 g/mol. The molecule has 2 unspecified atom stereocenters. The number of carbonyl (C=O) groups excluding carboxylic acids is 1. The van der Waals surface area contributed by atoms with Crippen molar-refractivity contribution in [2.45, 2.75) is 19.1 Å². The first-order chi connectivity index (χ1) is 6.70. The number of nitrogens with zero attached hydrogens (tertiary/aromatic N) is 1. The van der Waals surface area contributed by atoms with E-state index in [1.165, 1.54) is 7.11 Å². The zero-order chi connectivity index (χ0) is 10.6. The second kappa shape index (κ2) is 5.29. The third-order valence-electron chi connectivity index (χ3n) is 2.48. The highest BCUT2D eigenvalue weighted by atomic mass is 16.5. The Balaban J connectivity index is 2.58. The van der Waals surface area contributed by atoms with Gasteiger partial charge in [0.25, 0.3) is 5.91 Å². The van der Waals surface area contributed by atoms with Crippen LogP contribution in [0.3, 0.4) is 0 Å². The number of carbonyl (C=O) groups is 1. The lowest BCUT2D eigenvalue weighted by molar-refractivity contribution is -0.149. The third kappa shape index (κ3) is 2.43. The summed E-state index contributed by atoms with van der Waals surface area (Å²) in [6.45, 7) is 3.89. The summed E-state index contributed by atoms with van der Waals surface area (Å²) in [4.78, 5) is 13.5. The number of morpholine rings is 1. The quantitative estimate of drug-likeness (QED) is 0.651. The monoisotopic (exact) mass is 202 g/mol. The lowest BCUT2D eigenvalue weighted by atomic mass is 10.2. The van der Waals surface area contributed by atoms with Crippen LogP contribution >= 0.6 is 0 Å². The molecule has 5 nitrogen and oxygen atoms in total. The highest BCUT2D eigenvalue weighted by Crippen LogP contribution is 2.08. The van der Waals surface area contributed by atoms with Crippen LogP contribution in [0.15, 0.2) is 0 Å². The summed E-state index contributed by atoms with van der Waals surface area (Å²) in [6, 6.07) is -0.00569. The number of hydrogen-bond donors (Lipinski definition) is 1. The second-order valence-electron chi connectivity index (χ2n) is 3.37. The third-order valence-corrected chi connectivity index (χ3v) is 2.48. The van der Waals surface area contributed by atoms with Crippen molar-refractivity contribution in [2.75, 3.05) is 33.4 Å². The van der Waals surface area contributed by atoms with Gasteiger partial charge in [0.15, 0.2) is 0 Å². The van der Waals surface area contributed by atoms with Gasteiger partial charge in [-0.25, -0.2) is 0 Å². The van der Waals surface area contributed by atoms with Crippen LogP contribution in [-0.2, 0) is 14.3 Å². The minimum atomic E-state index is -0.401. The molecular formula is C9H18N2O3. The van der Waals surface area contributed by atoms with Gasteiger partial charge < -0.3 is 20.1 Å². The molecule has 0 aromatic heterocycles. The summed E-state index contributed by atoms with van der Waals surface area (Å²) < 4.78 is 10.2. The van der Waals surface area contributed by atoms with Crippen LogP contribution in [-0.4, -0.2) is 56.4 Å². The lowest BCUT2D eigenvalue weighted by Crippen LogP contribution is -2.54. The molecule has 1 rings (SSSR count). The van der Waals surface area contributed by atoms with Gasteiger partial charge in [-0.15, -0.1) is 0 Å². The van der Waals surface area contributed by atoms with Gasteiger partial charge in [-0.3, -0.25) is 4.79 Å². The summed E-state index contributed by atoms with van der Waals surface area (Å²) in [5.74, 6) is -0.00810. The maximum Gasteiger partial charge on any atom is 0.251 e. The molecule has 0 aromatic carbocycles. The number of amides is 1. The Hall–Kier alpha value is -0.650. The highest BCUT2D eigenvalue weighted by Gasteiger charge is 2.29. The lowest BCUT2D eigenvalue weighted by Gasteiger charge is -2.36. The predicted octanol–water partition coefficient (Wildman–Crippen LogP) is -0.793. The van der Waals surface area contributed by atoms with E-state index in [4.69, 9.17) is 15.2 Å². The number of ether oxygens (including phenoxy) is 2. The molecule has 14 heavy (non-hydrogen) atoms. The summed E-state index contributed by atoms with van der Waals surface area (Å²) in [7, 11) is 1.53. The van der Waals surface area contributed by atoms with Gasteiger partial charge >= 0.3 is 0 Å². The van der Waals surface area contributed by atoms with Crippen LogP contribution in [0.2, 0.25) is 0 Å². The van der Waals surface area contributed by atoms with Crippen molar-refractivity contribution in [1.82, 2.24) is 4.90 Å². The molecule has 1 aliphatic heterocycles. The normalized spacial score (nSPS) is 24.8. The van der Waals surface area contributed by atoms with Gasteiger partial charge in [0.2, 0.25) is 0 Å². The maximum atomic E-state index is 11.8. The van der Waals surface area contributed by atoms with Gasteiger partial charge in [0.05, 0.1) is 19.3 Å². The van der Waals surface area contributed by atoms with Crippen molar-refractivity contribution in [3.05, 3.63) is 0 Å². The molecule has 2 atom stereocenters. The smallest absolute Gasteiger partial charge is 0.251 e. The van der Waals surface area contributed by atoms with E-state index in [1.54, 1.807) is 11.8 Å². The molecule has 0 radical (unpaired) electrons. The van der Waals surface area contributed by atoms with Gasteiger partial charge in [-0.2, -0.15) is 0 Å². The molecule has 0 aliphatic carbocycles. The molecule has 1 aliphatic rings. The molecular weight excluding hydrogens is 184 g/mol. The minimum absolute atomic E-state index is 0.00569. The Morgan fingerprint density at radius 2 is 2.50 bits per heavy atom. The van der Waals surface area contributed by atoms with Gasteiger partial charge in [-0.1, -0.05) is 0 Å². The Morgan fingerprint density at radius 3 is 3.07 bits per heavy atom. The number of nitrogens with two attached hydrogens (primary N) is 1. The molecule has 0 saturated carbocycles. The van der Waals surface area contributed by atoms with Crippen molar-refractivity contribution in [3.63, 3.8) is 0 Å². The number of methoxy groups -OCH3 is 1. The van der Waals surface area contributed by atoms with Crippen molar-refractivity contribution < 1.29 is 14.3 Å². The molecule has 5 heteroatoms. The van der Waals surface area contributed by atoms with Crippen LogP contribution in [0, 0.1) is 0 Å². The van der Waals surface area contributed by atoms with Gasteiger partial charge in [-0.05, 0) is 6.92 Å². The van der Waals surface area contributed by atoms with E-state index < -0.39 is 6.10 Å². The van der Waals surface area contributed by atoms with Gasteiger partial charge in [0, 0.05) is 20.2 Å². The molecule has 1 amide bonds. The Bertz CT molecular complexity index is 198. The van der Waals surface area contributed by atoms with Crippen molar-refractivity contribution in [1.29, 1.82) is 0 Å². The molecule has 2 N–H and O–H groups in total. The molecule has 1 fully saturated rings. The van der Waals surface area contributed by atoms with Crippen LogP contribution in [0.4, 0.5) is 0 Å². The van der Waals surface area contributed by atoms with Crippen LogP contribution in [0.5, 0.6) is 0 Å². The van der Waals surface area contributed by atoms with Crippen molar-refractivity contribution in [2.24, 2.45) is 5.73 Å². The first kappa shape index (κ1) is 11.4. The summed E-state index contributed by atoms with van der Waals surface area (Å²) in [5.41, 5.74) is 5.56. The van der Waals surface area contributed by atoms with E-state index in [9.17, 15) is 4.79 Å². The average Bonchev–Trinajstić information content (AvgIpc) is 2.26. The summed E-state index contributed by atoms with van der Waals surface area (Å²) in [5, 5.41) is 0. The molecule has 1 heterocycles. The van der Waals surface area contributed by atoms with Gasteiger partial charge in [0.1, 0.15) is 6.10 Å².